The summed E-state index contributed by atoms with van der Waals surface area (Å²) in [7, 11) is -3.09. The van der Waals surface area contributed by atoms with Crippen LogP contribution in [0.3, 0.4) is 0 Å². The van der Waals surface area contributed by atoms with Crippen molar-refractivity contribution in [3.8, 4) is 0 Å². The molecular formula is C10H22N2O2S. The maximum absolute atomic E-state index is 12.1. The number of hydrogen-bond donors (Lipinski definition) is 1. The Labute approximate surface area is 92.9 Å². The van der Waals surface area contributed by atoms with Gasteiger partial charge in [-0.3, -0.25) is 0 Å². The van der Waals surface area contributed by atoms with Crippen molar-refractivity contribution in [2.24, 2.45) is 5.73 Å². The van der Waals surface area contributed by atoms with Crippen molar-refractivity contribution in [3.63, 3.8) is 0 Å². The van der Waals surface area contributed by atoms with Crippen LogP contribution in [-0.2, 0) is 10.0 Å². The number of sulfonamides is 1. The lowest BCUT2D eigenvalue weighted by atomic mass is 9.93. The Balaban J connectivity index is 2.70. The van der Waals surface area contributed by atoms with Crippen LogP contribution in [0.5, 0.6) is 0 Å². The summed E-state index contributed by atoms with van der Waals surface area (Å²) >= 11 is 0. The Morgan fingerprint density at radius 2 is 2.00 bits per heavy atom. The lowest BCUT2D eigenvalue weighted by molar-refractivity contribution is 0.217. The van der Waals surface area contributed by atoms with E-state index in [1.54, 1.807) is 18.2 Å². The zero-order valence-corrected chi connectivity index (χ0v) is 10.5. The summed E-state index contributed by atoms with van der Waals surface area (Å²) < 4.78 is 25.8. The van der Waals surface area contributed by atoms with Crippen LogP contribution in [0, 0.1) is 0 Å². The molecule has 0 spiro atoms. The summed E-state index contributed by atoms with van der Waals surface area (Å²) in [6.45, 7) is 4.62. The molecule has 1 rings (SSSR count). The van der Waals surface area contributed by atoms with Crippen LogP contribution in [0.15, 0.2) is 0 Å². The lowest BCUT2D eigenvalue weighted by Gasteiger charge is -2.37. The molecule has 1 aliphatic rings. The molecule has 0 atom stereocenters. The SMILES string of the molecule is CC(C)S(=O)(=O)N(CCCN)C1CCC1. The summed E-state index contributed by atoms with van der Waals surface area (Å²) in [5.41, 5.74) is 5.43. The van der Waals surface area contributed by atoms with Gasteiger partial charge in [0, 0.05) is 12.6 Å². The van der Waals surface area contributed by atoms with E-state index in [1.807, 2.05) is 0 Å². The third-order valence-corrected chi connectivity index (χ3v) is 5.31. The molecule has 0 aromatic carbocycles. The molecule has 1 aliphatic carbocycles. The monoisotopic (exact) mass is 234 g/mol. The molecule has 90 valence electrons. The highest BCUT2D eigenvalue weighted by Gasteiger charge is 2.34. The van der Waals surface area contributed by atoms with Gasteiger partial charge in [-0.1, -0.05) is 6.42 Å². The maximum Gasteiger partial charge on any atom is 0.216 e. The molecule has 0 unspecified atom stereocenters. The van der Waals surface area contributed by atoms with E-state index in [0.717, 1.165) is 25.7 Å². The fraction of sp³-hybridized carbons (Fsp3) is 1.00. The van der Waals surface area contributed by atoms with Crippen molar-refractivity contribution in [2.75, 3.05) is 13.1 Å². The van der Waals surface area contributed by atoms with Gasteiger partial charge >= 0.3 is 0 Å². The molecule has 2 N–H and O–H groups in total. The Morgan fingerprint density at radius 1 is 1.40 bits per heavy atom. The van der Waals surface area contributed by atoms with Crippen LogP contribution in [0.1, 0.15) is 39.5 Å². The van der Waals surface area contributed by atoms with E-state index in [-0.39, 0.29) is 11.3 Å². The van der Waals surface area contributed by atoms with E-state index in [9.17, 15) is 8.42 Å². The minimum atomic E-state index is -3.09. The second kappa shape index (κ2) is 5.27. The van der Waals surface area contributed by atoms with Crippen LogP contribution >= 0.6 is 0 Å². The molecule has 15 heavy (non-hydrogen) atoms. The molecule has 0 heterocycles. The van der Waals surface area contributed by atoms with E-state index in [0.29, 0.717) is 13.1 Å². The van der Waals surface area contributed by atoms with Gasteiger partial charge in [0.1, 0.15) is 0 Å². The Hall–Kier alpha value is -0.130. The van der Waals surface area contributed by atoms with Crippen molar-refractivity contribution >= 4 is 10.0 Å². The third kappa shape index (κ3) is 2.92. The smallest absolute Gasteiger partial charge is 0.216 e. The normalized spacial score (nSPS) is 18.5. The zero-order valence-electron chi connectivity index (χ0n) is 9.65. The highest BCUT2D eigenvalue weighted by atomic mass is 32.2. The minimum Gasteiger partial charge on any atom is -0.330 e. The van der Waals surface area contributed by atoms with Crippen LogP contribution in [0.25, 0.3) is 0 Å². The van der Waals surface area contributed by atoms with Gasteiger partial charge in [-0.15, -0.1) is 0 Å². The van der Waals surface area contributed by atoms with Gasteiger partial charge in [0.15, 0.2) is 0 Å². The molecule has 4 nitrogen and oxygen atoms in total. The first-order valence-electron chi connectivity index (χ1n) is 5.71. The standard InChI is InChI=1S/C10H22N2O2S/c1-9(2)15(13,14)12(8-4-7-11)10-5-3-6-10/h9-10H,3-8,11H2,1-2H3. The van der Waals surface area contributed by atoms with Crippen LogP contribution in [0.2, 0.25) is 0 Å². The van der Waals surface area contributed by atoms with Crippen LogP contribution < -0.4 is 5.73 Å². The van der Waals surface area contributed by atoms with Gasteiger partial charge in [0.2, 0.25) is 10.0 Å². The second-order valence-corrected chi connectivity index (χ2v) is 6.87. The average molecular weight is 234 g/mol. The predicted octanol–water partition coefficient (Wildman–Crippen LogP) is 0.928. The molecule has 0 saturated heterocycles. The molecule has 1 fully saturated rings. The molecule has 0 amide bonds. The molecule has 5 heteroatoms. The number of hydrogen-bond acceptors (Lipinski definition) is 3. The van der Waals surface area contributed by atoms with Crippen molar-refractivity contribution in [3.05, 3.63) is 0 Å². The van der Waals surface area contributed by atoms with Crippen molar-refractivity contribution < 1.29 is 8.42 Å². The highest BCUT2D eigenvalue weighted by Crippen LogP contribution is 2.28. The molecule has 0 radical (unpaired) electrons. The first-order chi connectivity index (χ1) is 7.00. The van der Waals surface area contributed by atoms with Crippen molar-refractivity contribution in [2.45, 2.75) is 50.8 Å². The summed E-state index contributed by atoms with van der Waals surface area (Å²) in [6.07, 6.45) is 3.92. The first-order valence-corrected chi connectivity index (χ1v) is 7.21. The topological polar surface area (TPSA) is 63.4 Å². The van der Waals surface area contributed by atoms with E-state index < -0.39 is 10.0 Å². The molecular weight excluding hydrogens is 212 g/mol. The fourth-order valence-corrected chi connectivity index (χ4v) is 3.26. The molecule has 0 bridgehead atoms. The summed E-state index contributed by atoms with van der Waals surface area (Å²) in [4.78, 5) is 0. The summed E-state index contributed by atoms with van der Waals surface area (Å²) in [6, 6.07) is 0.240. The largest absolute Gasteiger partial charge is 0.330 e. The quantitative estimate of drug-likeness (QED) is 0.743. The van der Waals surface area contributed by atoms with Gasteiger partial charge < -0.3 is 5.73 Å². The van der Waals surface area contributed by atoms with E-state index in [4.69, 9.17) is 5.73 Å². The van der Waals surface area contributed by atoms with E-state index in [2.05, 4.69) is 0 Å². The van der Waals surface area contributed by atoms with Gasteiger partial charge in [-0.2, -0.15) is 4.31 Å². The Morgan fingerprint density at radius 3 is 2.33 bits per heavy atom. The number of nitrogens with zero attached hydrogens (tertiary/aromatic N) is 1. The van der Waals surface area contributed by atoms with E-state index >= 15 is 0 Å². The maximum atomic E-state index is 12.1. The zero-order chi connectivity index (χ0) is 11.5. The lowest BCUT2D eigenvalue weighted by Crippen LogP contribution is -2.47. The molecule has 0 aromatic rings. The van der Waals surface area contributed by atoms with Crippen molar-refractivity contribution in [1.82, 2.24) is 4.31 Å². The van der Waals surface area contributed by atoms with E-state index in [1.165, 1.54) is 0 Å². The molecule has 0 aromatic heterocycles. The molecule has 1 saturated carbocycles. The predicted molar refractivity (Wildman–Crippen MR) is 62.1 cm³/mol. The van der Waals surface area contributed by atoms with Gasteiger partial charge in [0.05, 0.1) is 5.25 Å². The summed E-state index contributed by atoms with van der Waals surface area (Å²) in [5.74, 6) is 0. The molecule has 0 aliphatic heterocycles. The van der Waals surface area contributed by atoms with Crippen molar-refractivity contribution in [1.29, 1.82) is 0 Å². The fourth-order valence-electron chi connectivity index (χ4n) is 1.71. The highest BCUT2D eigenvalue weighted by molar-refractivity contribution is 7.89. The number of rotatable bonds is 6. The minimum absolute atomic E-state index is 0.240. The second-order valence-electron chi connectivity index (χ2n) is 4.43. The van der Waals surface area contributed by atoms with Gasteiger partial charge in [-0.05, 0) is 39.7 Å². The van der Waals surface area contributed by atoms with Crippen LogP contribution in [0.4, 0.5) is 0 Å². The third-order valence-electron chi connectivity index (χ3n) is 2.99. The first kappa shape index (κ1) is 12.9. The summed E-state index contributed by atoms with van der Waals surface area (Å²) in [5, 5.41) is -0.323. The van der Waals surface area contributed by atoms with Gasteiger partial charge in [-0.25, -0.2) is 8.42 Å². The van der Waals surface area contributed by atoms with Gasteiger partial charge in [0.25, 0.3) is 0 Å². The Bertz CT molecular complexity index is 284. The average Bonchev–Trinajstić information content (AvgIpc) is 2.08. The Kier molecular flexibility index (Phi) is 4.55. The number of nitrogens with two attached hydrogens (primary N) is 1. The van der Waals surface area contributed by atoms with Crippen LogP contribution in [-0.4, -0.2) is 37.1 Å².